The molecule has 1 fully saturated rings. The van der Waals surface area contributed by atoms with Crippen LogP contribution in [0, 0.1) is 11.7 Å². The summed E-state index contributed by atoms with van der Waals surface area (Å²) in [4.78, 5) is 12.4. The van der Waals surface area contributed by atoms with Gasteiger partial charge in [-0.3, -0.25) is 4.79 Å². The van der Waals surface area contributed by atoms with Crippen molar-refractivity contribution >= 4 is 21.6 Å². The molecule has 2 aromatic carbocycles. The Morgan fingerprint density at radius 3 is 2.31 bits per heavy atom. The summed E-state index contributed by atoms with van der Waals surface area (Å²) >= 11 is 0. The Kier molecular flexibility index (Phi) is 7.22. The Balaban J connectivity index is 1.39. The molecule has 0 aliphatic carbocycles. The zero-order valence-corrected chi connectivity index (χ0v) is 17.0. The Labute approximate surface area is 171 Å². The molecule has 156 valence electrons. The molecule has 3 rings (SSSR count). The van der Waals surface area contributed by atoms with E-state index in [0.717, 1.165) is 30.8 Å². The highest BCUT2D eigenvalue weighted by molar-refractivity contribution is 7.89. The molecule has 0 atom stereocenters. The minimum absolute atomic E-state index is 0.0245. The van der Waals surface area contributed by atoms with Gasteiger partial charge in [0, 0.05) is 37.8 Å². The fourth-order valence-electron chi connectivity index (χ4n) is 3.35. The highest BCUT2D eigenvalue weighted by Gasteiger charge is 2.31. The highest BCUT2D eigenvalue weighted by atomic mass is 32.2. The van der Waals surface area contributed by atoms with Gasteiger partial charge in [-0.25, -0.2) is 12.8 Å². The molecule has 1 aliphatic heterocycles. The van der Waals surface area contributed by atoms with E-state index < -0.39 is 15.8 Å². The number of rotatable bonds is 8. The number of amides is 1. The van der Waals surface area contributed by atoms with Crippen molar-refractivity contribution in [3.8, 4) is 0 Å². The van der Waals surface area contributed by atoms with Crippen molar-refractivity contribution in [2.75, 3.05) is 31.5 Å². The van der Waals surface area contributed by atoms with E-state index in [0.29, 0.717) is 19.4 Å². The van der Waals surface area contributed by atoms with E-state index in [2.05, 4.69) is 10.6 Å². The molecule has 0 spiro atoms. The molecule has 8 heteroatoms. The van der Waals surface area contributed by atoms with Crippen molar-refractivity contribution in [2.24, 2.45) is 5.92 Å². The van der Waals surface area contributed by atoms with E-state index in [1.165, 1.54) is 16.4 Å². The molecule has 1 saturated heterocycles. The number of carbonyl (C=O) groups is 1. The largest absolute Gasteiger partial charge is 0.385 e. The molecule has 2 aromatic rings. The Morgan fingerprint density at radius 1 is 1.00 bits per heavy atom. The first kappa shape index (κ1) is 21.3. The number of sulfonamides is 1. The monoisotopic (exact) mass is 419 g/mol. The molecule has 0 unspecified atom stereocenters. The van der Waals surface area contributed by atoms with Gasteiger partial charge in [0.25, 0.3) is 0 Å². The molecule has 0 bridgehead atoms. The van der Waals surface area contributed by atoms with Gasteiger partial charge >= 0.3 is 0 Å². The van der Waals surface area contributed by atoms with Crippen LogP contribution in [0.2, 0.25) is 0 Å². The summed E-state index contributed by atoms with van der Waals surface area (Å²) in [5.41, 5.74) is 1.05. The van der Waals surface area contributed by atoms with E-state index in [9.17, 15) is 17.6 Å². The van der Waals surface area contributed by atoms with Crippen LogP contribution >= 0.6 is 0 Å². The van der Waals surface area contributed by atoms with Gasteiger partial charge in [-0.05, 0) is 55.7 Å². The summed E-state index contributed by atoms with van der Waals surface area (Å²) < 4.78 is 39.7. The first-order chi connectivity index (χ1) is 14.0. The van der Waals surface area contributed by atoms with Crippen molar-refractivity contribution in [3.05, 3.63) is 60.4 Å². The fraction of sp³-hybridized carbons (Fsp3) is 0.381. The normalized spacial score (nSPS) is 15.8. The van der Waals surface area contributed by atoms with Gasteiger partial charge in [-0.1, -0.05) is 18.2 Å². The predicted octanol–water partition coefficient (Wildman–Crippen LogP) is 2.84. The molecule has 1 aliphatic rings. The molecule has 0 aromatic heterocycles. The lowest BCUT2D eigenvalue weighted by Crippen LogP contribution is -2.43. The number of nitrogens with one attached hydrogen (secondary N) is 2. The number of hydrogen-bond acceptors (Lipinski definition) is 4. The van der Waals surface area contributed by atoms with E-state index >= 15 is 0 Å². The van der Waals surface area contributed by atoms with Crippen molar-refractivity contribution in [1.82, 2.24) is 9.62 Å². The molecule has 6 nitrogen and oxygen atoms in total. The number of halogens is 1. The van der Waals surface area contributed by atoms with Crippen LogP contribution in [0.1, 0.15) is 19.3 Å². The summed E-state index contributed by atoms with van der Waals surface area (Å²) in [6.07, 6.45) is 1.77. The number of nitrogens with zero attached hydrogens (tertiary/aromatic N) is 1. The maximum atomic E-state index is 13.0. The van der Waals surface area contributed by atoms with Gasteiger partial charge in [0.1, 0.15) is 5.82 Å². The highest BCUT2D eigenvalue weighted by Crippen LogP contribution is 2.24. The van der Waals surface area contributed by atoms with Gasteiger partial charge in [0.05, 0.1) is 4.90 Å². The van der Waals surface area contributed by atoms with E-state index in [-0.39, 0.29) is 29.8 Å². The van der Waals surface area contributed by atoms with E-state index in [1.54, 1.807) is 0 Å². The Morgan fingerprint density at radius 2 is 1.66 bits per heavy atom. The standard InChI is InChI=1S/C21H26FN3O3S/c22-18-7-9-20(10-8-18)29(27,28)25-15-11-17(12-16-25)21(26)24-14-4-13-23-19-5-2-1-3-6-19/h1-3,5-10,17,23H,4,11-16H2,(H,24,26). The summed E-state index contributed by atoms with van der Waals surface area (Å²) in [5.74, 6) is -0.682. The molecular formula is C21H26FN3O3S. The van der Waals surface area contributed by atoms with Gasteiger partial charge < -0.3 is 10.6 Å². The topological polar surface area (TPSA) is 78.5 Å². The third-order valence-electron chi connectivity index (χ3n) is 5.03. The molecule has 29 heavy (non-hydrogen) atoms. The van der Waals surface area contributed by atoms with Crippen LogP contribution in [0.4, 0.5) is 10.1 Å². The van der Waals surface area contributed by atoms with Crippen molar-refractivity contribution in [3.63, 3.8) is 0 Å². The van der Waals surface area contributed by atoms with Crippen LogP contribution in [-0.2, 0) is 14.8 Å². The average Bonchev–Trinajstić information content (AvgIpc) is 2.74. The summed E-state index contributed by atoms with van der Waals surface area (Å²) in [6, 6.07) is 14.7. The lowest BCUT2D eigenvalue weighted by molar-refractivity contribution is -0.126. The smallest absolute Gasteiger partial charge is 0.243 e. The Bertz CT molecular complexity index is 897. The third kappa shape index (κ3) is 5.77. The summed E-state index contributed by atoms with van der Waals surface area (Å²) in [6.45, 7) is 1.91. The van der Waals surface area contributed by atoms with Gasteiger partial charge in [0.2, 0.25) is 15.9 Å². The zero-order chi connectivity index (χ0) is 20.7. The van der Waals surface area contributed by atoms with E-state index in [1.807, 2.05) is 30.3 Å². The van der Waals surface area contributed by atoms with Crippen LogP contribution < -0.4 is 10.6 Å². The van der Waals surface area contributed by atoms with Crippen molar-refractivity contribution < 1.29 is 17.6 Å². The van der Waals surface area contributed by atoms with Crippen LogP contribution in [0.3, 0.4) is 0 Å². The second-order valence-corrected chi connectivity index (χ2v) is 9.01. The lowest BCUT2D eigenvalue weighted by atomic mass is 9.97. The lowest BCUT2D eigenvalue weighted by Gasteiger charge is -2.30. The number of para-hydroxylation sites is 1. The predicted molar refractivity (Wildman–Crippen MR) is 110 cm³/mol. The molecule has 0 radical (unpaired) electrons. The summed E-state index contributed by atoms with van der Waals surface area (Å²) in [7, 11) is -3.65. The molecule has 2 N–H and O–H groups in total. The second kappa shape index (κ2) is 9.84. The molecular weight excluding hydrogens is 393 g/mol. The number of hydrogen-bond donors (Lipinski definition) is 2. The first-order valence-corrected chi connectivity index (χ1v) is 11.2. The average molecular weight is 420 g/mol. The van der Waals surface area contributed by atoms with Crippen LogP contribution in [0.25, 0.3) is 0 Å². The summed E-state index contributed by atoms with van der Waals surface area (Å²) in [5, 5.41) is 6.23. The van der Waals surface area contributed by atoms with Crippen molar-refractivity contribution in [1.29, 1.82) is 0 Å². The van der Waals surface area contributed by atoms with Crippen LogP contribution in [0.15, 0.2) is 59.5 Å². The molecule has 1 amide bonds. The van der Waals surface area contributed by atoms with Gasteiger partial charge in [-0.15, -0.1) is 0 Å². The quantitative estimate of drug-likeness (QED) is 0.645. The van der Waals surface area contributed by atoms with E-state index in [4.69, 9.17) is 0 Å². The van der Waals surface area contributed by atoms with Gasteiger partial charge in [0.15, 0.2) is 0 Å². The molecule has 0 saturated carbocycles. The number of anilines is 1. The molecule has 1 heterocycles. The fourth-order valence-corrected chi connectivity index (χ4v) is 4.82. The van der Waals surface area contributed by atoms with Crippen LogP contribution in [0.5, 0.6) is 0 Å². The zero-order valence-electron chi connectivity index (χ0n) is 16.2. The maximum Gasteiger partial charge on any atom is 0.243 e. The Hall–Kier alpha value is -2.45. The minimum atomic E-state index is -3.65. The maximum absolute atomic E-state index is 13.0. The van der Waals surface area contributed by atoms with Crippen molar-refractivity contribution in [2.45, 2.75) is 24.2 Å². The second-order valence-electron chi connectivity index (χ2n) is 7.07. The number of carbonyl (C=O) groups excluding carboxylic acids is 1. The minimum Gasteiger partial charge on any atom is -0.385 e. The first-order valence-electron chi connectivity index (χ1n) is 9.79. The number of piperidine rings is 1. The van der Waals surface area contributed by atoms with Crippen LogP contribution in [-0.4, -0.2) is 44.8 Å². The third-order valence-corrected chi connectivity index (χ3v) is 6.94. The number of benzene rings is 2. The van der Waals surface area contributed by atoms with Gasteiger partial charge in [-0.2, -0.15) is 4.31 Å². The SMILES string of the molecule is O=C(NCCCNc1ccccc1)C1CCN(S(=O)(=O)c2ccc(F)cc2)CC1.